The van der Waals surface area contributed by atoms with Crippen LogP contribution in [0.1, 0.15) is 34.1 Å². The van der Waals surface area contributed by atoms with E-state index in [2.05, 4.69) is 10.6 Å². The molecular formula is C12H16N2O2S2. The number of hydrogen-bond donors (Lipinski definition) is 2. The third-order valence-corrected chi connectivity index (χ3v) is 4.33. The van der Waals surface area contributed by atoms with Crippen LogP contribution in [0.25, 0.3) is 0 Å². The first kappa shape index (κ1) is 13.3. The predicted molar refractivity (Wildman–Crippen MR) is 77.6 cm³/mol. The number of nitrogens with one attached hydrogen (secondary N) is 2. The van der Waals surface area contributed by atoms with Crippen LogP contribution in [-0.2, 0) is 17.6 Å². The zero-order chi connectivity index (χ0) is 13.1. The van der Waals surface area contributed by atoms with E-state index in [1.165, 1.54) is 12.0 Å². The van der Waals surface area contributed by atoms with Gasteiger partial charge in [0.2, 0.25) is 0 Å². The van der Waals surface area contributed by atoms with Gasteiger partial charge in [0.05, 0.1) is 12.7 Å². The molecule has 1 heterocycles. The van der Waals surface area contributed by atoms with E-state index < -0.39 is 0 Å². The van der Waals surface area contributed by atoms with Crippen LogP contribution in [0, 0.1) is 0 Å². The lowest BCUT2D eigenvalue weighted by Crippen LogP contribution is -2.28. The van der Waals surface area contributed by atoms with Gasteiger partial charge >= 0.3 is 5.97 Å². The van der Waals surface area contributed by atoms with Crippen molar-refractivity contribution in [2.24, 2.45) is 0 Å². The maximum absolute atomic E-state index is 11.9. The molecule has 1 aliphatic carbocycles. The van der Waals surface area contributed by atoms with Crippen molar-refractivity contribution in [1.29, 1.82) is 0 Å². The molecule has 0 aliphatic heterocycles. The summed E-state index contributed by atoms with van der Waals surface area (Å²) in [6.45, 7) is 2.73. The van der Waals surface area contributed by atoms with E-state index in [0.717, 1.165) is 36.4 Å². The van der Waals surface area contributed by atoms with Crippen molar-refractivity contribution in [2.75, 3.05) is 19.0 Å². The van der Waals surface area contributed by atoms with Gasteiger partial charge in [-0.05, 0) is 44.0 Å². The second-order valence-corrected chi connectivity index (χ2v) is 5.55. The maximum Gasteiger partial charge on any atom is 0.341 e. The van der Waals surface area contributed by atoms with Crippen LogP contribution in [0.2, 0.25) is 0 Å². The summed E-state index contributed by atoms with van der Waals surface area (Å²) in [5, 5.41) is 7.46. The number of esters is 1. The first-order valence-electron chi connectivity index (χ1n) is 5.95. The average molecular weight is 284 g/mol. The summed E-state index contributed by atoms with van der Waals surface area (Å²) in [6, 6.07) is 0. The molecule has 0 fully saturated rings. The largest absolute Gasteiger partial charge is 0.465 e. The highest BCUT2D eigenvalue weighted by atomic mass is 32.1. The van der Waals surface area contributed by atoms with Gasteiger partial charge in [0, 0.05) is 11.4 Å². The summed E-state index contributed by atoms with van der Waals surface area (Å²) >= 11 is 6.76. The van der Waals surface area contributed by atoms with Gasteiger partial charge in [-0.3, -0.25) is 0 Å². The summed E-state index contributed by atoms with van der Waals surface area (Å²) in [5.74, 6) is -0.281. The molecular weight excluding hydrogens is 268 g/mol. The number of thiocarbonyl (C=S) groups is 1. The number of ether oxygens (including phenoxy) is 1. The Morgan fingerprint density at radius 1 is 1.50 bits per heavy atom. The zero-order valence-corrected chi connectivity index (χ0v) is 12.1. The van der Waals surface area contributed by atoms with Crippen molar-refractivity contribution in [3.05, 3.63) is 16.0 Å². The summed E-state index contributed by atoms with van der Waals surface area (Å²) in [6.07, 6.45) is 3.11. The third kappa shape index (κ3) is 2.49. The Morgan fingerprint density at radius 3 is 2.94 bits per heavy atom. The van der Waals surface area contributed by atoms with Gasteiger partial charge in [0.1, 0.15) is 5.00 Å². The lowest BCUT2D eigenvalue weighted by Gasteiger charge is -2.09. The molecule has 0 aromatic carbocycles. The van der Waals surface area contributed by atoms with E-state index in [1.807, 2.05) is 6.92 Å². The third-order valence-electron chi connectivity index (χ3n) is 2.88. The van der Waals surface area contributed by atoms with E-state index in [0.29, 0.717) is 10.7 Å². The molecule has 0 saturated heterocycles. The fourth-order valence-corrected chi connectivity index (χ4v) is 3.71. The van der Waals surface area contributed by atoms with Gasteiger partial charge in [-0.15, -0.1) is 11.3 Å². The topological polar surface area (TPSA) is 50.4 Å². The Labute approximate surface area is 116 Å². The first-order chi connectivity index (χ1) is 8.67. The van der Waals surface area contributed by atoms with E-state index in [1.54, 1.807) is 11.3 Å². The molecule has 0 atom stereocenters. The minimum Gasteiger partial charge on any atom is -0.465 e. The average Bonchev–Trinajstić information content (AvgIpc) is 2.88. The van der Waals surface area contributed by atoms with E-state index in [9.17, 15) is 4.79 Å². The molecule has 0 bridgehead atoms. The molecule has 1 aromatic heterocycles. The van der Waals surface area contributed by atoms with Crippen LogP contribution < -0.4 is 10.6 Å². The minimum atomic E-state index is -0.281. The number of rotatable bonds is 3. The Bertz CT molecular complexity index is 483. The van der Waals surface area contributed by atoms with Crippen molar-refractivity contribution in [3.63, 3.8) is 0 Å². The quantitative estimate of drug-likeness (QED) is 0.659. The Balaban J connectivity index is 2.29. The van der Waals surface area contributed by atoms with Crippen molar-refractivity contribution >= 4 is 39.6 Å². The molecule has 0 radical (unpaired) electrons. The molecule has 4 nitrogen and oxygen atoms in total. The van der Waals surface area contributed by atoms with E-state index in [-0.39, 0.29) is 5.97 Å². The first-order valence-corrected chi connectivity index (χ1v) is 7.17. The molecule has 98 valence electrons. The molecule has 6 heteroatoms. The SMILES string of the molecule is CCNC(=S)Nc1sc2c(c1C(=O)OC)CCC2. The lowest BCUT2D eigenvalue weighted by atomic mass is 10.1. The molecule has 1 aromatic rings. The van der Waals surface area contributed by atoms with E-state index in [4.69, 9.17) is 17.0 Å². The van der Waals surface area contributed by atoms with Crippen LogP contribution in [0.15, 0.2) is 0 Å². The van der Waals surface area contributed by atoms with Crippen LogP contribution in [0.3, 0.4) is 0 Å². The Hall–Kier alpha value is -1.14. The normalized spacial score (nSPS) is 13.0. The maximum atomic E-state index is 11.9. The highest BCUT2D eigenvalue weighted by Gasteiger charge is 2.27. The highest BCUT2D eigenvalue weighted by Crippen LogP contribution is 2.39. The number of hydrogen-bond acceptors (Lipinski definition) is 4. The highest BCUT2D eigenvalue weighted by molar-refractivity contribution is 7.80. The number of carbonyl (C=O) groups is 1. The second kappa shape index (κ2) is 5.67. The molecule has 18 heavy (non-hydrogen) atoms. The molecule has 1 aliphatic rings. The zero-order valence-electron chi connectivity index (χ0n) is 10.5. The molecule has 0 saturated carbocycles. The van der Waals surface area contributed by atoms with Crippen molar-refractivity contribution in [2.45, 2.75) is 26.2 Å². The molecule has 2 N–H and O–H groups in total. The van der Waals surface area contributed by atoms with Gasteiger partial charge in [-0.1, -0.05) is 0 Å². The summed E-state index contributed by atoms with van der Waals surface area (Å²) in [5.41, 5.74) is 1.80. The number of aryl methyl sites for hydroxylation is 1. The minimum absolute atomic E-state index is 0.281. The van der Waals surface area contributed by atoms with Crippen LogP contribution in [0.4, 0.5) is 5.00 Å². The van der Waals surface area contributed by atoms with Crippen molar-refractivity contribution in [3.8, 4) is 0 Å². The second-order valence-electron chi connectivity index (χ2n) is 4.04. The molecule has 2 rings (SSSR count). The van der Waals surface area contributed by atoms with Crippen LogP contribution in [-0.4, -0.2) is 24.7 Å². The fraction of sp³-hybridized carbons (Fsp3) is 0.500. The smallest absolute Gasteiger partial charge is 0.341 e. The standard InChI is InChI=1S/C12H16N2O2S2/c1-3-13-12(17)14-10-9(11(15)16-2)7-5-4-6-8(7)18-10/h3-6H2,1-2H3,(H2,13,14,17). The monoisotopic (exact) mass is 284 g/mol. The molecule has 0 amide bonds. The Kier molecular flexibility index (Phi) is 4.19. The summed E-state index contributed by atoms with van der Waals surface area (Å²) in [7, 11) is 1.41. The van der Waals surface area contributed by atoms with Crippen molar-refractivity contribution in [1.82, 2.24) is 5.32 Å². The van der Waals surface area contributed by atoms with Crippen LogP contribution >= 0.6 is 23.6 Å². The van der Waals surface area contributed by atoms with Gasteiger partial charge in [-0.25, -0.2) is 4.79 Å². The fourth-order valence-electron chi connectivity index (χ4n) is 2.12. The lowest BCUT2D eigenvalue weighted by molar-refractivity contribution is 0.0601. The van der Waals surface area contributed by atoms with Gasteiger partial charge in [-0.2, -0.15) is 0 Å². The number of carbonyl (C=O) groups excluding carboxylic acids is 1. The predicted octanol–water partition coefficient (Wildman–Crippen LogP) is 2.33. The van der Waals surface area contributed by atoms with Crippen molar-refractivity contribution < 1.29 is 9.53 Å². The van der Waals surface area contributed by atoms with Crippen LogP contribution in [0.5, 0.6) is 0 Å². The van der Waals surface area contributed by atoms with Gasteiger partial charge in [0.15, 0.2) is 5.11 Å². The molecule has 0 spiro atoms. The molecule has 0 unspecified atom stereocenters. The number of fused-ring (bicyclic) bond motifs is 1. The summed E-state index contributed by atoms with van der Waals surface area (Å²) < 4.78 is 4.87. The van der Waals surface area contributed by atoms with Gasteiger partial charge in [0.25, 0.3) is 0 Å². The number of anilines is 1. The summed E-state index contributed by atoms with van der Waals surface area (Å²) in [4.78, 5) is 13.2. The number of methoxy groups -OCH3 is 1. The Morgan fingerprint density at radius 2 is 2.28 bits per heavy atom. The number of thiophene rings is 1. The van der Waals surface area contributed by atoms with E-state index >= 15 is 0 Å². The van der Waals surface area contributed by atoms with Gasteiger partial charge < -0.3 is 15.4 Å².